The Morgan fingerprint density at radius 3 is 2.38 bits per heavy atom. The number of aromatic nitrogens is 4. The van der Waals surface area contributed by atoms with Crippen molar-refractivity contribution in [3.63, 3.8) is 0 Å². The summed E-state index contributed by atoms with van der Waals surface area (Å²) in [4.78, 5) is 38.4. The first-order chi connectivity index (χ1) is 15.4. The van der Waals surface area contributed by atoms with Crippen molar-refractivity contribution in [3.8, 4) is 0 Å². The first-order valence-electron chi connectivity index (χ1n) is 10.9. The molecule has 32 heavy (non-hydrogen) atoms. The Kier molecular flexibility index (Phi) is 10.6. The van der Waals surface area contributed by atoms with Gasteiger partial charge in [-0.05, 0) is 24.8 Å². The Balaban J connectivity index is 0.000000837. The molecule has 9 nitrogen and oxygen atoms in total. The zero-order chi connectivity index (χ0) is 23.5. The Bertz CT molecular complexity index is 1120. The lowest BCUT2D eigenvalue weighted by atomic mass is 10.2. The van der Waals surface area contributed by atoms with E-state index >= 15 is 0 Å². The molecule has 0 aliphatic heterocycles. The summed E-state index contributed by atoms with van der Waals surface area (Å²) in [5.74, 6) is 0. The van der Waals surface area contributed by atoms with Crippen LogP contribution in [0.25, 0.3) is 11.2 Å². The first kappa shape index (κ1) is 25.8. The highest BCUT2D eigenvalue weighted by atomic mass is 31.1. The van der Waals surface area contributed by atoms with Gasteiger partial charge in [0, 0.05) is 20.1 Å². The van der Waals surface area contributed by atoms with Gasteiger partial charge in [0.15, 0.2) is 11.2 Å². The molecule has 1 atom stereocenters. The molecule has 0 fully saturated rings. The van der Waals surface area contributed by atoms with Crippen molar-refractivity contribution in [2.45, 2.75) is 59.0 Å². The highest BCUT2D eigenvalue weighted by Gasteiger charge is 2.16. The molecule has 0 saturated carbocycles. The van der Waals surface area contributed by atoms with E-state index in [9.17, 15) is 14.2 Å². The molecule has 1 aromatic carbocycles. The minimum Gasteiger partial charge on any atom is -0.326 e. The summed E-state index contributed by atoms with van der Waals surface area (Å²) in [6.07, 6.45) is 6.06. The van der Waals surface area contributed by atoms with Crippen LogP contribution in [0.1, 0.15) is 51.5 Å². The van der Waals surface area contributed by atoms with Crippen molar-refractivity contribution in [1.82, 2.24) is 18.7 Å². The Morgan fingerprint density at radius 2 is 1.75 bits per heavy atom. The number of imidazole rings is 1. The molecule has 0 radical (unpaired) electrons. The molecule has 0 amide bonds. The van der Waals surface area contributed by atoms with Crippen LogP contribution in [0.3, 0.4) is 0 Å². The highest BCUT2D eigenvalue weighted by molar-refractivity contribution is 7.32. The van der Waals surface area contributed by atoms with Crippen molar-refractivity contribution in [2.24, 2.45) is 7.05 Å². The molecule has 3 rings (SSSR count). The van der Waals surface area contributed by atoms with Crippen LogP contribution in [0.4, 0.5) is 0 Å². The summed E-state index contributed by atoms with van der Waals surface area (Å²) < 4.78 is 19.5. The second-order valence-corrected chi connectivity index (χ2v) is 8.32. The second-order valence-electron chi connectivity index (χ2n) is 7.50. The quantitative estimate of drug-likeness (QED) is 0.364. The van der Waals surface area contributed by atoms with E-state index in [0.717, 1.165) is 5.56 Å². The topological polar surface area (TPSA) is 108 Å². The van der Waals surface area contributed by atoms with Crippen molar-refractivity contribution < 1.29 is 14.0 Å². The van der Waals surface area contributed by atoms with Crippen LogP contribution in [-0.4, -0.2) is 30.2 Å². The number of rotatable bonds is 10. The van der Waals surface area contributed by atoms with Gasteiger partial charge < -0.3 is 14.0 Å². The van der Waals surface area contributed by atoms with E-state index in [1.807, 2.05) is 30.3 Å². The van der Waals surface area contributed by atoms with E-state index in [4.69, 9.17) is 4.89 Å². The van der Waals surface area contributed by atoms with Gasteiger partial charge in [-0.2, -0.15) is 0 Å². The lowest BCUT2D eigenvalue weighted by Crippen LogP contribution is -2.39. The molecule has 176 valence electrons. The van der Waals surface area contributed by atoms with Crippen molar-refractivity contribution >= 4 is 19.4 Å². The largest absolute Gasteiger partial charge is 0.332 e. The summed E-state index contributed by atoms with van der Waals surface area (Å²) in [7, 11) is -1.30. The number of aryl methyl sites for hydroxylation is 1. The zero-order valence-electron chi connectivity index (χ0n) is 19.0. The minimum atomic E-state index is -2.91. The second kappa shape index (κ2) is 13.2. The molecule has 0 aliphatic rings. The average molecular weight is 465 g/mol. The number of hydrogen-bond acceptors (Lipinski definition) is 5. The fourth-order valence-corrected chi connectivity index (χ4v) is 3.45. The van der Waals surface area contributed by atoms with E-state index < -0.39 is 13.9 Å². The smallest absolute Gasteiger partial charge is 0.326 e. The van der Waals surface area contributed by atoms with Crippen LogP contribution in [0, 0.1) is 0 Å². The Morgan fingerprint density at radius 1 is 1.06 bits per heavy atom. The normalized spacial score (nSPS) is 11.9. The molecule has 0 bridgehead atoms. The average Bonchev–Trinajstić information content (AvgIpc) is 3.21. The molecule has 2 aromatic heterocycles. The maximum atomic E-state index is 13.0. The summed E-state index contributed by atoms with van der Waals surface area (Å²) >= 11 is 0. The highest BCUT2D eigenvalue weighted by Crippen LogP contribution is 2.15. The zero-order valence-corrected chi connectivity index (χ0v) is 20.0. The third-order valence-corrected chi connectivity index (χ3v) is 5.50. The van der Waals surface area contributed by atoms with E-state index in [-0.39, 0.29) is 18.7 Å². The summed E-state index contributed by atoms with van der Waals surface area (Å²) in [5, 5.41) is 0. The minimum absolute atomic E-state index is 0.185. The fourth-order valence-electron chi connectivity index (χ4n) is 3.13. The van der Waals surface area contributed by atoms with Crippen LogP contribution in [-0.2, 0) is 29.2 Å². The van der Waals surface area contributed by atoms with E-state index in [1.54, 1.807) is 17.9 Å². The van der Waals surface area contributed by atoms with E-state index in [1.165, 1.54) is 22.0 Å². The molecule has 1 unspecified atom stereocenters. The lowest BCUT2D eigenvalue weighted by Gasteiger charge is -2.10. The SMILES string of the molecule is CCCC.Cn1c(=O)n(CCCCCO[PH](=O)O)c(=O)c2c1ncn2Cc1ccccc1. The van der Waals surface area contributed by atoms with Crippen LogP contribution in [0.15, 0.2) is 46.2 Å². The van der Waals surface area contributed by atoms with E-state index in [0.29, 0.717) is 37.0 Å². The molecule has 0 saturated heterocycles. The van der Waals surface area contributed by atoms with Crippen LogP contribution in [0.5, 0.6) is 0 Å². The van der Waals surface area contributed by atoms with E-state index in [2.05, 4.69) is 23.4 Å². The predicted molar refractivity (Wildman–Crippen MR) is 126 cm³/mol. The Labute approximate surface area is 188 Å². The van der Waals surface area contributed by atoms with Gasteiger partial charge in [0.2, 0.25) is 0 Å². The van der Waals surface area contributed by atoms with Gasteiger partial charge in [0.05, 0.1) is 12.9 Å². The van der Waals surface area contributed by atoms with Gasteiger partial charge in [-0.15, -0.1) is 0 Å². The van der Waals surface area contributed by atoms with Gasteiger partial charge >= 0.3 is 13.9 Å². The third kappa shape index (κ3) is 7.02. The van der Waals surface area contributed by atoms with Crippen molar-refractivity contribution in [3.05, 3.63) is 63.1 Å². The number of unbranched alkanes of at least 4 members (excludes halogenated alkanes) is 3. The maximum absolute atomic E-state index is 13.0. The summed E-state index contributed by atoms with van der Waals surface area (Å²) in [5.41, 5.74) is 1.03. The van der Waals surface area contributed by atoms with Gasteiger partial charge in [0.1, 0.15) is 0 Å². The molecule has 2 heterocycles. The molecule has 1 N–H and O–H groups in total. The van der Waals surface area contributed by atoms with Crippen LogP contribution in [0.2, 0.25) is 0 Å². The molecule has 3 aromatic rings. The number of fused-ring (bicyclic) bond motifs is 1. The predicted octanol–water partition coefficient (Wildman–Crippen LogP) is 3.32. The maximum Gasteiger partial charge on any atom is 0.332 e. The molecule has 0 spiro atoms. The van der Waals surface area contributed by atoms with Gasteiger partial charge in [0.25, 0.3) is 5.56 Å². The van der Waals surface area contributed by atoms with Gasteiger partial charge in [-0.25, -0.2) is 9.78 Å². The molecule has 10 heteroatoms. The molecule has 0 aliphatic carbocycles. The number of benzene rings is 1. The standard InChI is InChI=1S/C18H23N4O5P.C4H10/c1-20-16-15(21(13-19-16)12-14-8-4-2-5-9-14)17(23)22(18(20)24)10-6-3-7-11-27-28(25)26;1-3-4-2/h2,4-5,8-9,13,28H,3,6-7,10-12H2,1H3,(H,25,26);3-4H2,1-2H3. The van der Waals surface area contributed by atoms with Crippen LogP contribution >= 0.6 is 8.25 Å². The first-order valence-corrected chi connectivity index (χ1v) is 12.2. The van der Waals surface area contributed by atoms with Gasteiger partial charge in [-0.3, -0.25) is 18.5 Å². The number of hydrogen-bond donors (Lipinski definition) is 1. The molecular weight excluding hydrogens is 431 g/mol. The van der Waals surface area contributed by atoms with Crippen molar-refractivity contribution in [2.75, 3.05) is 6.61 Å². The number of nitrogens with zero attached hydrogens (tertiary/aromatic N) is 4. The summed E-state index contributed by atoms with van der Waals surface area (Å²) in [6, 6.07) is 9.72. The van der Waals surface area contributed by atoms with Gasteiger partial charge in [-0.1, -0.05) is 57.0 Å². The lowest BCUT2D eigenvalue weighted by molar-refractivity contribution is 0.273. The monoisotopic (exact) mass is 464 g/mol. The van der Waals surface area contributed by atoms with Crippen LogP contribution < -0.4 is 11.2 Å². The third-order valence-electron chi connectivity index (χ3n) is 5.05. The summed E-state index contributed by atoms with van der Waals surface area (Å²) in [6.45, 7) is 5.30. The molecular formula is C22H33N4O5P. The van der Waals surface area contributed by atoms with Crippen molar-refractivity contribution in [1.29, 1.82) is 0 Å². The fraction of sp³-hybridized carbons (Fsp3) is 0.500. The Hall–Kier alpha value is -2.48.